The molecule has 22 heavy (non-hydrogen) atoms. The summed E-state index contributed by atoms with van der Waals surface area (Å²) in [6, 6.07) is 7.57. The number of nitrogens with zero attached hydrogens (tertiary/aromatic N) is 2. The number of hydrogen-bond donors (Lipinski definition) is 2. The normalized spacial score (nSPS) is 11.1. The quantitative estimate of drug-likeness (QED) is 0.601. The fourth-order valence-electron chi connectivity index (χ4n) is 1.40. The Kier molecular flexibility index (Phi) is 6.46. The van der Waals surface area contributed by atoms with Gasteiger partial charge < -0.3 is 0 Å². The molecular formula is C14H14N4O2S2. The molecule has 0 atom stereocenters. The van der Waals surface area contributed by atoms with Crippen LogP contribution in [0.15, 0.2) is 45.2 Å². The van der Waals surface area contributed by atoms with Crippen LogP contribution in [0.4, 0.5) is 0 Å². The van der Waals surface area contributed by atoms with Crippen molar-refractivity contribution in [3.63, 3.8) is 0 Å². The second-order valence-electron chi connectivity index (χ2n) is 4.12. The zero-order valence-electron chi connectivity index (χ0n) is 11.6. The Morgan fingerprint density at radius 3 is 1.73 bits per heavy atom. The van der Waals surface area contributed by atoms with E-state index in [9.17, 15) is 9.59 Å². The third-order valence-electron chi connectivity index (χ3n) is 2.43. The lowest BCUT2D eigenvalue weighted by Crippen LogP contribution is -2.22. The Morgan fingerprint density at radius 1 is 0.909 bits per heavy atom. The van der Waals surface area contributed by atoms with Gasteiger partial charge >= 0.3 is 0 Å². The minimum atomic E-state index is -0.315. The summed E-state index contributed by atoms with van der Waals surface area (Å²) < 4.78 is 0. The fraction of sp³-hybridized carbons (Fsp3) is 0.143. The molecule has 2 heterocycles. The van der Waals surface area contributed by atoms with Crippen molar-refractivity contribution in [2.75, 3.05) is 0 Å². The summed E-state index contributed by atoms with van der Waals surface area (Å²) >= 11 is 3.04. The highest BCUT2D eigenvalue weighted by molar-refractivity contribution is 7.12. The zero-order valence-corrected chi connectivity index (χ0v) is 13.2. The van der Waals surface area contributed by atoms with Crippen molar-refractivity contribution in [3.8, 4) is 0 Å². The van der Waals surface area contributed by atoms with E-state index in [4.69, 9.17) is 0 Å². The lowest BCUT2D eigenvalue weighted by atomic mass is 10.3. The molecule has 0 bridgehead atoms. The molecule has 0 aliphatic carbocycles. The Balaban J connectivity index is 1.62. The van der Waals surface area contributed by atoms with Gasteiger partial charge in [-0.2, -0.15) is 10.2 Å². The molecule has 0 spiro atoms. The first-order valence-corrected chi connectivity index (χ1v) is 8.21. The molecule has 0 saturated carbocycles. The molecule has 0 fully saturated rings. The maximum absolute atomic E-state index is 11.5. The number of carbonyl (C=O) groups excluding carboxylic acids is 2. The van der Waals surface area contributed by atoms with E-state index in [-0.39, 0.29) is 24.7 Å². The summed E-state index contributed by atoms with van der Waals surface area (Å²) in [4.78, 5) is 24.9. The highest BCUT2D eigenvalue weighted by atomic mass is 32.1. The van der Waals surface area contributed by atoms with Crippen LogP contribution in [0.5, 0.6) is 0 Å². The molecule has 0 radical (unpaired) electrons. The average Bonchev–Trinajstić information content (AvgIpc) is 3.18. The molecule has 0 unspecified atom stereocenters. The van der Waals surface area contributed by atoms with Crippen molar-refractivity contribution in [2.24, 2.45) is 10.2 Å². The van der Waals surface area contributed by atoms with E-state index in [1.165, 1.54) is 22.7 Å². The van der Waals surface area contributed by atoms with Gasteiger partial charge in [0.05, 0.1) is 12.4 Å². The third-order valence-corrected chi connectivity index (χ3v) is 4.04. The van der Waals surface area contributed by atoms with Gasteiger partial charge in [-0.1, -0.05) is 12.1 Å². The SMILES string of the molecule is O=C(CCC(=O)NN=Cc1cccs1)NN=Cc1cccs1. The standard InChI is InChI=1S/C14H14N4O2S2/c19-13(17-15-9-11-3-1-7-21-11)5-6-14(20)18-16-10-12-4-2-8-22-12/h1-4,7-10H,5-6H2,(H,17,19)(H,18,20). The Labute approximate surface area is 135 Å². The number of hydrogen-bond acceptors (Lipinski definition) is 6. The van der Waals surface area contributed by atoms with E-state index < -0.39 is 0 Å². The minimum Gasteiger partial charge on any atom is -0.273 e. The third kappa shape index (κ3) is 5.98. The number of carbonyl (C=O) groups is 2. The van der Waals surface area contributed by atoms with Gasteiger partial charge in [-0.05, 0) is 22.9 Å². The predicted octanol–water partition coefficient (Wildman–Crippen LogP) is 2.19. The molecule has 2 N–H and O–H groups in total. The van der Waals surface area contributed by atoms with E-state index in [1.807, 2.05) is 35.0 Å². The highest BCUT2D eigenvalue weighted by Gasteiger charge is 2.05. The maximum Gasteiger partial charge on any atom is 0.240 e. The first-order chi connectivity index (χ1) is 10.7. The van der Waals surface area contributed by atoms with Gasteiger partial charge in [0, 0.05) is 22.6 Å². The van der Waals surface area contributed by atoms with Crippen LogP contribution in [-0.4, -0.2) is 24.2 Å². The van der Waals surface area contributed by atoms with E-state index in [0.717, 1.165) is 9.75 Å². The van der Waals surface area contributed by atoms with Crippen LogP contribution in [0.3, 0.4) is 0 Å². The molecule has 0 aliphatic heterocycles. The minimum absolute atomic E-state index is 0.0577. The lowest BCUT2D eigenvalue weighted by molar-refractivity contribution is -0.126. The van der Waals surface area contributed by atoms with Gasteiger partial charge in [0.25, 0.3) is 0 Å². The van der Waals surface area contributed by atoms with Crippen LogP contribution in [0.25, 0.3) is 0 Å². The van der Waals surface area contributed by atoms with Crippen LogP contribution in [0.2, 0.25) is 0 Å². The van der Waals surface area contributed by atoms with Gasteiger partial charge in [0.1, 0.15) is 0 Å². The molecule has 2 rings (SSSR count). The van der Waals surface area contributed by atoms with Crippen molar-refractivity contribution < 1.29 is 9.59 Å². The van der Waals surface area contributed by atoms with E-state index in [1.54, 1.807) is 12.4 Å². The number of amides is 2. The van der Waals surface area contributed by atoms with Crippen molar-refractivity contribution >= 4 is 46.9 Å². The predicted molar refractivity (Wildman–Crippen MR) is 89.3 cm³/mol. The largest absolute Gasteiger partial charge is 0.273 e. The zero-order chi connectivity index (χ0) is 15.6. The van der Waals surface area contributed by atoms with Crippen molar-refractivity contribution in [1.82, 2.24) is 10.9 Å². The summed E-state index contributed by atoms with van der Waals surface area (Å²) in [5, 5.41) is 11.5. The summed E-state index contributed by atoms with van der Waals surface area (Å²) in [5.41, 5.74) is 4.75. The Bertz CT molecular complexity index is 590. The van der Waals surface area contributed by atoms with E-state index in [2.05, 4.69) is 21.1 Å². The summed E-state index contributed by atoms with van der Waals surface area (Å²) in [6.45, 7) is 0. The number of nitrogens with one attached hydrogen (secondary N) is 2. The van der Waals surface area contributed by atoms with Gasteiger partial charge in [-0.15, -0.1) is 22.7 Å². The smallest absolute Gasteiger partial charge is 0.240 e. The molecule has 8 heteroatoms. The van der Waals surface area contributed by atoms with Gasteiger partial charge in [-0.25, -0.2) is 10.9 Å². The van der Waals surface area contributed by atoms with Crippen LogP contribution >= 0.6 is 22.7 Å². The van der Waals surface area contributed by atoms with Gasteiger partial charge in [0.2, 0.25) is 11.8 Å². The van der Waals surface area contributed by atoms with Crippen LogP contribution in [0, 0.1) is 0 Å². The van der Waals surface area contributed by atoms with E-state index in [0.29, 0.717) is 0 Å². The molecule has 0 aromatic carbocycles. The number of hydrazone groups is 2. The molecule has 2 amide bonds. The number of rotatable bonds is 7. The highest BCUT2D eigenvalue weighted by Crippen LogP contribution is 2.04. The van der Waals surface area contributed by atoms with Crippen LogP contribution < -0.4 is 10.9 Å². The van der Waals surface area contributed by atoms with Crippen molar-refractivity contribution in [1.29, 1.82) is 0 Å². The molecule has 2 aromatic rings. The van der Waals surface area contributed by atoms with Crippen molar-refractivity contribution in [3.05, 3.63) is 44.8 Å². The molecular weight excluding hydrogens is 320 g/mol. The molecule has 114 valence electrons. The van der Waals surface area contributed by atoms with E-state index >= 15 is 0 Å². The van der Waals surface area contributed by atoms with Gasteiger partial charge in [0.15, 0.2) is 0 Å². The topological polar surface area (TPSA) is 82.9 Å². The molecule has 6 nitrogen and oxygen atoms in total. The van der Waals surface area contributed by atoms with Crippen molar-refractivity contribution in [2.45, 2.75) is 12.8 Å². The monoisotopic (exact) mass is 334 g/mol. The summed E-state index contributed by atoms with van der Waals surface area (Å²) in [5.74, 6) is -0.629. The first kappa shape index (κ1) is 16.1. The second-order valence-corrected chi connectivity index (χ2v) is 6.08. The maximum atomic E-state index is 11.5. The first-order valence-electron chi connectivity index (χ1n) is 6.45. The number of thiophene rings is 2. The lowest BCUT2D eigenvalue weighted by Gasteiger charge is -1.99. The van der Waals surface area contributed by atoms with Gasteiger partial charge in [-0.3, -0.25) is 9.59 Å². The second kappa shape index (κ2) is 8.85. The molecule has 0 saturated heterocycles. The fourth-order valence-corrected chi connectivity index (χ4v) is 2.57. The molecule has 2 aromatic heterocycles. The Morgan fingerprint density at radius 2 is 1.36 bits per heavy atom. The summed E-state index contributed by atoms with van der Waals surface area (Å²) in [7, 11) is 0. The average molecular weight is 334 g/mol. The summed E-state index contributed by atoms with van der Waals surface area (Å²) in [6.07, 6.45) is 3.24. The Hall–Kier alpha value is -2.32. The van der Waals surface area contributed by atoms with Crippen LogP contribution in [0.1, 0.15) is 22.6 Å². The molecule has 0 aliphatic rings. The van der Waals surface area contributed by atoms with Crippen LogP contribution in [-0.2, 0) is 9.59 Å².